The molecule has 0 saturated carbocycles. The number of anilines is 1. The van der Waals surface area contributed by atoms with Crippen LogP contribution in [-0.2, 0) is 16.1 Å². The van der Waals surface area contributed by atoms with Gasteiger partial charge in [0.2, 0.25) is 5.91 Å². The van der Waals surface area contributed by atoms with Crippen LogP contribution in [0.25, 0.3) is 11.3 Å². The maximum absolute atomic E-state index is 12.3. The molecule has 0 radical (unpaired) electrons. The predicted molar refractivity (Wildman–Crippen MR) is 115 cm³/mol. The summed E-state index contributed by atoms with van der Waals surface area (Å²) in [4.78, 5) is 16.8. The summed E-state index contributed by atoms with van der Waals surface area (Å²) in [5.74, 6) is 0.148. The largest absolute Gasteiger partial charge is 0.383 e. The maximum Gasteiger partial charge on any atom is 0.234 e. The summed E-state index contributed by atoms with van der Waals surface area (Å²) in [7, 11) is 1.67. The SMILES string of the molecule is COCCn1c(-c2ccc(C)cc2)cnc1SCC(=O)Nc1cccc(Cl)c1. The molecular formula is C21H22ClN3O2S. The first kappa shape index (κ1) is 20.5. The summed E-state index contributed by atoms with van der Waals surface area (Å²) < 4.78 is 7.34. The van der Waals surface area contributed by atoms with Crippen molar-refractivity contribution >= 4 is 35.0 Å². The lowest BCUT2D eigenvalue weighted by Gasteiger charge is -2.12. The van der Waals surface area contributed by atoms with Crippen molar-refractivity contribution < 1.29 is 9.53 Å². The van der Waals surface area contributed by atoms with Crippen molar-refractivity contribution in [3.05, 3.63) is 65.3 Å². The third-order valence-electron chi connectivity index (χ3n) is 4.13. The van der Waals surface area contributed by atoms with E-state index in [0.717, 1.165) is 16.4 Å². The fourth-order valence-corrected chi connectivity index (χ4v) is 3.72. The summed E-state index contributed by atoms with van der Waals surface area (Å²) in [5.41, 5.74) is 3.99. The minimum absolute atomic E-state index is 0.106. The van der Waals surface area contributed by atoms with Crippen LogP contribution in [0.2, 0.25) is 5.02 Å². The molecule has 5 nitrogen and oxygen atoms in total. The molecule has 0 aliphatic carbocycles. The molecule has 0 aliphatic rings. The second-order valence-corrected chi connectivity index (χ2v) is 7.66. The zero-order valence-electron chi connectivity index (χ0n) is 15.8. The van der Waals surface area contributed by atoms with Crippen molar-refractivity contribution in [3.8, 4) is 11.3 Å². The highest BCUT2D eigenvalue weighted by Gasteiger charge is 2.14. The number of halogens is 1. The van der Waals surface area contributed by atoms with E-state index >= 15 is 0 Å². The average Bonchev–Trinajstić information content (AvgIpc) is 3.08. The van der Waals surface area contributed by atoms with Gasteiger partial charge in [-0.2, -0.15) is 0 Å². The monoisotopic (exact) mass is 415 g/mol. The first-order valence-electron chi connectivity index (χ1n) is 8.86. The van der Waals surface area contributed by atoms with E-state index in [0.29, 0.717) is 23.9 Å². The highest BCUT2D eigenvalue weighted by atomic mass is 35.5. The number of imidazole rings is 1. The van der Waals surface area contributed by atoms with Crippen molar-refractivity contribution in [2.24, 2.45) is 0 Å². The number of hydrogen-bond donors (Lipinski definition) is 1. The molecule has 0 fully saturated rings. The molecule has 0 unspecified atom stereocenters. The zero-order chi connectivity index (χ0) is 19.9. The summed E-state index contributed by atoms with van der Waals surface area (Å²) >= 11 is 7.36. The molecule has 1 heterocycles. The molecule has 3 aromatic rings. The van der Waals surface area contributed by atoms with E-state index in [4.69, 9.17) is 16.3 Å². The Bertz CT molecular complexity index is 941. The van der Waals surface area contributed by atoms with Crippen molar-refractivity contribution in [1.29, 1.82) is 0 Å². The van der Waals surface area contributed by atoms with Crippen molar-refractivity contribution in [1.82, 2.24) is 9.55 Å². The van der Waals surface area contributed by atoms with Crippen LogP contribution in [0.4, 0.5) is 5.69 Å². The Morgan fingerprint density at radius 2 is 2.04 bits per heavy atom. The molecule has 1 aromatic heterocycles. The molecule has 0 atom stereocenters. The number of ether oxygens (including phenoxy) is 1. The number of aryl methyl sites for hydroxylation is 1. The second-order valence-electron chi connectivity index (χ2n) is 6.28. The molecule has 0 spiro atoms. The fraction of sp³-hybridized carbons (Fsp3) is 0.238. The van der Waals surface area contributed by atoms with Crippen LogP contribution >= 0.6 is 23.4 Å². The van der Waals surface area contributed by atoms with E-state index in [-0.39, 0.29) is 11.7 Å². The van der Waals surface area contributed by atoms with E-state index in [1.54, 1.807) is 25.3 Å². The number of nitrogens with zero attached hydrogens (tertiary/aromatic N) is 2. The predicted octanol–water partition coefficient (Wildman–Crippen LogP) is 4.89. The second kappa shape index (κ2) is 9.78. The van der Waals surface area contributed by atoms with Crippen LogP contribution < -0.4 is 5.32 Å². The molecule has 28 heavy (non-hydrogen) atoms. The van der Waals surface area contributed by atoms with Gasteiger partial charge in [0.1, 0.15) is 0 Å². The number of aromatic nitrogens is 2. The van der Waals surface area contributed by atoms with Gasteiger partial charge in [-0.1, -0.05) is 59.3 Å². The number of rotatable bonds is 8. The maximum atomic E-state index is 12.3. The third kappa shape index (κ3) is 5.38. The minimum Gasteiger partial charge on any atom is -0.383 e. The van der Waals surface area contributed by atoms with Gasteiger partial charge in [-0.15, -0.1) is 0 Å². The Hall–Kier alpha value is -2.28. The van der Waals surface area contributed by atoms with Gasteiger partial charge in [0, 0.05) is 24.4 Å². The van der Waals surface area contributed by atoms with Gasteiger partial charge in [-0.25, -0.2) is 4.98 Å². The number of hydrogen-bond acceptors (Lipinski definition) is 4. The molecule has 0 saturated heterocycles. The number of benzene rings is 2. The van der Waals surface area contributed by atoms with Gasteiger partial charge < -0.3 is 14.6 Å². The fourth-order valence-electron chi connectivity index (χ4n) is 2.72. The van der Waals surface area contributed by atoms with E-state index in [2.05, 4.69) is 46.1 Å². The number of amides is 1. The Morgan fingerprint density at radius 3 is 2.75 bits per heavy atom. The Morgan fingerprint density at radius 1 is 1.25 bits per heavy atom. The number of thioether (sulfide) groups is 1. The van der Waals surface area contributed by atoms with Gasteiger partial charge in [0.05, 0.1) is 24.3 Å². The normalized spacial score (nSPS) is 10.8. The molecule has 2 aromatic carbocycles. The molecule has 1 amide bonds. The summed E-state index contributed by atoms with van der Waals surface area (Å²) in [6.07, 6.45) is 1.84. The van der Waals surface area contributed by atoms with Gasteiger partial charge in [0.15, 0.2) is 5.16 Å². The van der Waals surface area contributed by atoms with Crippen LogP contribution in [0.15, 0.2) is 59.9 Å². The molecule has 1 N–H and O–H groups in total. The highest BCUT2D eigenvalue weighted by molar-refractivity contribution is 7.99. The van der Waals surface area contributed by atoms with Crippen LogP contribution in [0, 0.1) is 6.92 Å². The smallest absolute Gasteiger partial charge is 0.234 e. The van der Waals surface area contributed by atoms with Gasteiger partial charge in [0.25, 0.3) is 0 Å². The van der Waals surface area contributed by atoms with Crippen molar-refractivity contribution in [3.63, 3.8) is 0 Å². The van der Waals surface area contributed by atoms with Crippen molar-refractivity contribution in [2.45, 2.75) is 18.6 Å². The summed E-state index contributed by atoms with van der Waals surface area (Å²) in [6.45, 7) is 3.29. The highest BCUT2D eigenvalue weighted by Crippen LogP contribution is 2.26. The van der Waals surface area contributed by atoms with Gasteiger partial charge in [-0.05, 0) is 30.7 Å². The van der Waals surface area contributed by atoms with E-state index < -0.39 is 0 Å². The molecule has 3 rings (SSSR count). The van der Waals surface area contributed by atoms with Crippen molar-refractivity contribution in [2.75, 3.05) is 24.8 Å². The molecule has 0 aliphatic heterocycles. The van der Waals surface area contributed by atoms with E-state index in [9.17, 15) is 4.79 Å². The summed E-state index contributed by atoms with van der Waals surface area (Å²) in [5, 5.41) is 4.23. The van der Waals surface area contributed by atoms with Gasteiger partial charge in [-0.3, -0.25) is 4.79 Å². The number of carbonyl (C=O) groups excluding carboxylic acids is 1. The lowest BCUT2D eigenvalue weighted by molar-refractivity contribution is -0.113. The Kier molecular flexibility index (Phi) is 7.14. The molecular weight excluding hydrogens is 394 g/mol. The standard InChI is InChI=1S/C21H22ClN3O2S/c1-15-6-8-16(9-7-15)19-13-23-21(25(19)10-11-27-2)28-14-20(26)24-18-5-3-4-17(22)12-18/h3-9,12-13H,10-11,14H2,1-2H3,(H,24,26). The van der Waals surface area contributed by atoms with Crippen LogP contribution in [0.1, 0.15) is 5.56 Å². The number of nitrogens with one attached hydrogen (secondary N) is 1. The first-order chi connectivity index (χ1) is 13.6. The lowest BCUT2D eigenvalue weighted by atomic mass is 10.1. The number of methoxy groups -OCH3 is 1. The third-order valence-corrected chi connectivity index (χ3v) is 5.35. The van der Waals surface area contributed by atoms with Crippen LogP contribution in [0.5, 0.6) is 0 Å². The quantitative estimate of drug-likeness (QED) is 0.532. The number of carbonyl (C=O) groups is 1. The molecule has 0 bridgehead atoms. The van der Waals surface area contributed by atoms with E-state index in [1.165, 1.54) is 17.3 Å². The first-order valence-corrected chi connectivity index (χ1v) is 10.2. The van der Waals surface area contributed by atoms with Gasteiger partial charge >= 0.3 is 0 Å². The van der Waals surface area contributed by atoms with E-state index in [1.807, 2.05) is 12.3 Å². The van der Waals surface area contributed by atoms with Crippen LogP contribution in [-0.4, -0.2) is 34.9 Å². The zero-order valence-corrected chi connectivity index (χ0v) is 17.4. The van der Waals surface area contributed by atoms with Crippen LogP contribution in [0.3, 0.4) is 0 Å². The minimum atomic E-state index is -0.106. The Labute approximate surface area is 174 Å². The average molecular weight is 416 g/mol. The molecule has 7 heteroatoms. The molecule has 146 valence electrons. The summed E-state index contributed by atoms with van der Waals surface area (Å²) in [6, 6.07) is 15.4. The topological polar surface area (TPSA) is 56.2 Å². The lowest BCUT2D eigenvalue weighted by Crippen LogP contribution is -2.15. The Balaban J connectivity index is 1.72.